The minimum atomic E-state index is -5.01. The van der Waals surface area contributed by atoms with Crippen molar-refractivity contribution in [2.24, 2.45) is 0 Å². The van der Waals surface area contributed by atoms with Crippen molar-refractivity contribution in [2.45, 2.75) is 19.1 Å². The predicted octanol–water partition coefficient (Wildman–Crippen LogP) is 5.31. The third-order valence-corrected chi connectivity index (χ3v) is 4.99. The van der Waals surface area contributed by atoms with Crippen molar-refractivity contribution in [3.63, 3.8) is 0 Å². The minimum Gasteiger partial charge on any atom is -0.506 e. The van der Waals surface area contributed by atoms with Crippen molar-refractivity contribution in [2.75, 3.05) is 0 Å². The Kier molecular flexibility index (Phi) is 6.55. The van der Waals surface area contributed by atoms with Crippen molar-refractivity contribution in [3.8, 4) is 22.9 Å². The van der Waals surface area contributed by atoms with Gasteiger partial charge in [0.15, 0.2) is 11.4 Å². The lowest BCUT2D eigenvalue weighted by Gasteiger charge is -2.15. The van der Waals surface area contributed by atoms with Gasteiger partial charge in [-0.25, -0.2) is 4.98 Å². The van der Waals surface area contributed by atoms with E-state index in [0.717, 1.165) is 28.8 Å². The van der Waals surface area contributed by atoms with Crippen LogP contribution in [0.3, 0.4) is 0 Å². The summed E-state index contributed by atoms with van der Waals surface area (Å²) >= 11 is 0. The number of fused-ring (bicyclic) bond motifs is 1. The highest BCUT2D eigenvalue weighted by Crippen LogP contribution is 2.30. The zero-order valence-electron chi connectivity index (χ0n) is 18.3. The molecule has 0 bridgehead atoms. The Balaban J connectivity index is 1.82. The molecule has 2 heterocycles. The SMILES string of the molecule is O=C(Cc1cccc(OC(F)(F)F)c1)c1c(O)c2cccnc2n(-c2cccc(OC(F)(F)F)c2)c1=O. The first-order valence-electron chi connectivity index (χ1n) is 10.3. The first-order chi connectivity index (χ1) is 17.3. The largest absolute Gasteiger partial charge is 0.573 e. The lowest BCUT2D eigenvalue weighted by molar-refractivity contribution is -0.275. The van der Waals surface area contributed by atoms with Gasteiger partial charge in [0.2, 0.25) is 0 Å². The second-order valence-corrected chi connectivity index (χ2v) is 7.58. The Bertz CT molecular complexity index is 1550. The zero-order chi connectivity index (χ0) is 27.0. The summed E-state index contributed by atoms with van der Waals surface area (Å²) in [7, 11) is 0. The van der Waals surface area contributed by atoms with E-state index < -0.39 is 53.3 Å². The number of carbonyl (C=O) groups is 1. The van der Waals surface area contributed by atoms with E-state index >= 15 is 0 Å². The second-order valence-electron chi connectivity index (χ2n) is 7.58. The van der Waals surface area contributed by atoms with E-state index in [1.165, 1.54) is 42.6 Å². The first-order valence-corrected chi connectivity index (χ1v) is 10.3. The van der Waals surface area contributed by atoms with E-state index in [1.807, 2.05) is 0 Å². The van der Waals surface area contributed by atoms with E-state index in [2.05, 4.69) is 14.5 Å². The molecule has 0 amide bonds. The molecule has 2 aromatic heterocycles. The van der Waals surface area contributed by atoms with E-state index in [4.69, 9.17) is 0 Å². The van der Waals surface area contributed by atoms with Crippen molar-refractivity contribution >= 4 is 16.8 Å². The Morgan fingerprint density at radius 3 is 2.16 bits per heavy atom. The number of benzene rings is 2. The number of ketones is 1. The van der Waals surface area contributed by atoms with Gasteiger partial charge in [0.25, 0.3) is 5.56 Å². The number of carbonyl (C=O) groups excluding carboxylic acids is 1. The molecule has 0 aliphatic rings. The average Bonchev–Trinajstić information content (AvgIpc) is 2.77. The summed E-state index contributed by atoms with van der Waals surface area (Å²) in [6.45, 7) is 0. The van der Waals surface area contributed by atoms with Crippen molar-refractivity contribution in [3.05, 3.63) is 88.3 Å². The number of halogens is 6. The molecule has 0 unspecified atom stereocenters. The van der Waals surface area contributed by atoms with Gasteiger partial charge in [0.1, 0.15) is 22.8 Å². The zero-order valence-corrected chi connectivity index (χ0v) is 18.3. The van der Waals surface area contributed by atoms with Crippen LogP contribution in [-0.2, 0) is 6.42 Å². The number of pyridine rings is 2. The van der Waals surface area contributed by atoms with E-state index in [9.17, 15) is 41.0 Å². The van der Waals surface area contributed by atoms with Crippen LogP contribution in [0.4, 0.5) is 26.3 Å². The molecule has 0 aliphatic heterocycles. The van der Waals surface area contributed by atoms with E-state index in [1.54, 1.807) is 0 Å². The number of nitrogens with zero attached hydrogens (tertiary/aromatic N) is 2. The number of aromatic hydroxyl groups is 1. The molecule has 13 heteroatoms. The molecule has 1 N–H and O–H groups in total. The normalized spacial score (nSPS) is 11.9. The second kappa shape index (κ2) is 9.48. The number of rotatable bonds is 6. The molecular weight excluding hydrogens is 510 g/mol. The summed E-state index contributed by atoms with van der Waals surface area (Å²) in [6, 6.07) is 11.6. The van der Waals surface area contributed by atoms with Crippen LogP contribution in [0.15, 0.2) is 71.7 Å². The first kappa shape index (κ1) is 25.5. The minimum absolute atomic E-state index is 0.0453. The summed E-state index contributed by atoms with van der Waals surface area (Å²) in [5.74, 6) is -2.94. The number of Topliss-reactive ketones (excluding diaryl/α,β-unsaturated/α-hetero) is 1. The molecule has 0 saturated heterocycles. The Morgan fingerprint density at radius 2 is 1.51 bits per heavy atom. The number of ether oxygens (including phenoxy) is 2. The third kappa shape index (κ3) is 5.82. The molecule has 4 aromatic rings. The summed E-state index contributed by atoms with van der Waals surface area (Å²) in [4.78, 5) is 30.5. The fraction of sp³-hybridized carbons (Fsp3) is 0.125. The molecule has 2 aromatic carbocycles. The lowest BCUT2D eigenvalue weighted by atomic mass is 10.0. The Hall–Kier alpha value is -4.55. The number of alkyl halides is 6. The summed E-state index contributed by atoms with van der Waals surface area (Å²) in [5, 5.41) is 10.7. The van der Waals surface area contributed by atoms with Gasteiger partial charge in [-0.3, -0.25) is 14.2 Å². The summed E-state index contributed by atoms with van der Waals surface area (Å²) in [6.07, 6.45) is -9.31. The van der Waals surface area contributed by atoms with Crippen molar-refractivity contribution in [1.29, 1.82) is 0 Å². The van der Waals surface area contributed by atoms with Gasteiger partial charge < -0.3 is 14.6 Å². The molecule has 192 valence electrons. The maximum atomic E-state index is 13.4. The average molecular weight is 524 g/mol. The highest BCUT2D eigenvalue weighted by molar-refractivity contribution is 6.04. The molecule has 37 heavy (non-hydrogen) atoms. The third-order valence-electron chi connectivity index (χ3n) is 4.99. The molecule has 0 saturated carbocycles. The Labute approximate surface area is 203 Å². The molecule has 0 radical (unpaired) electrons. The van der Waals surface area contributed by atoms with Gasteiger partial charge in [-0.05, 0) is 42.0 Å². The fourth-order valence-corrected chi connectivity index (χ4v) is 3.64. The molecule has 0 aliphatic carbocycles. The molecule has 4 rings (SSSR count). The quantitative estimate of drug-likeness (QED) is 0.272. The van der Waals surface area contributed by atoms with Gasteiger partial charge in [-0.2, -0.15) is 0 Å². The summed E-state index contributed by atoms with van der Waals surface area (Å²) in [5.41, 5.74) is -2.11. The van der Waals surface area contributed by atoms with Crippen LogP contribution in [-0.4, -0.2) is 33.2 Å². The topological polar surface area (TPSA) is 90.7 Å². The van der Waals surface area contributed by atoms with Crippen LogP contribution in [0.25, 0.3) is 16.7 Å². The van der Waals surface area contributed by atoms with Gasteiger partial charge in [0.05, 0.1) is 11.1 Å². The maximum absolute atomic E-state index is 13.4. The van der Waals surface area contributed by atoms with Crippen LogP contribution in [0.2, 0.25) is 0 Å². The van der Waals surface area contributed by atoms with Crippen LogP contribution < -0.4 is 15.0 Å². The van der Waals surface area contributed by atoms with Crippen LogP contribution in [0.5, 0.6) is 17.2 Å². The molecule has 0 fully saturated rings. The monoisotopic (exact) mass is 524 g/mol. The van der Waals surface area contributed by atoms with Gasteiger partial charge in [0, 0.05) is 18.7 Å². The van der Waals surface area contributed by atoms with E-state index in [0.29, 0.717) is 0 Å². The maximum Gasteiger partial charge on any atom is 0.573 e. The lowest BCUT2D eigenvalue weighted by Crippen LogP contribution is -2.27. The van der Waals surface area contributed by atoms with Crippen LogP contribution in [0.1, 0.15) is 15.9 Å². The van der Waals surface area contributed by atoms with E-state index in [-0.39, 0.29) is 22.3 Å². The van der Waals surface area contributed by atoms with Crippen molar-refractivity contribution < 1.29 is 45.7 Å². The molecular formula is C24H14F6N2O5. The highest BCUT2D eigenvalue weighted by Gasteiger charge is 2.32. The van der Waals surface area contributed by atoms with Crippen LogP contribution >= 0.6 is 0 Å². The van der Waals surface area contributed by atoms with Gasteiger partial charge in [-0.15, -0.1) is 26.3 Å². The number of hydrogen-bond donors (Lipinski definition) is 1. The van der Waals surface area contributed by atoms with Gasteiger partial charge >= 0.3 is 12.7 Å². The smallest absolute Gasteiger partial charge is 0.506 e. The van der Waals surface area contributed by atoms with Gasteiger partial charge in [-0.1, -0.05) is 18.2 Å². The fourth-order valence-electron chi connectivity index (χ4n) is 3.64. The molecule has 0 atom stereocenters. The van der Waals surface area contributed by atoms with Crippen molar-refractivity contribution in [1.82, 2.24) is 9.55 Å². The summed E-state index contributed by atoms with van der Waals surface area (Å²) < 4.78 is 84.3. The number of hydrogen-bond acceptors (Lipinski definition) is 6. The van der Waals surface area contributed by atoms with Crippen LogP contribution in [0, 0.1) is 0 Å². The standard InChI is InChI=1S/C24H14F6N2O5/c25-23(26,27)36-15-6-1-4-13(10-15)11-18(33)19-20(34)17-8-3-9-31-21(17)32(22(19)35)14-5-2-7-16(12-14)37-24(28,29)30/h1-10,12,34H,11H2. The molecule has 7 nitrogen and oxygen atoms in total. The highest BCUT2D eigenvalue weighted by atomic mass is 19.4. The number of aromatic nitrogens is 2. The molecule has 0 spiro atoms. The Morgan fingerprint density at radius 1 is 0.892 bits per heavy atom. The predicted molar refractivity (Wildman–Crippen MR) is 117 cm³/mol.